The molecule has 1 aliphatic rings. The number of hydrogen-bond donors (Lipinski definition) is 2. The van der Waals surface area contributed by atoms with Gasteiger partial charge in [-0.3, -0.25) is 0 Å². The first-order valence-corrected chi connectivity index (χ1v) is 11.0. The number of guanidine groups is 1. The summed E-state index contributed by atoms with van der Waals surface area (Å²) in [6, 6.07) is 14.5. The van der Waals surface area contributed by atoms with E-state index in [2.05, 4.69) is 42.7 Å². The average molecular weight is 553 g/mol. The third-order valence-electron chi connectivity index (χ3n) is 5.89. The minimum absolute atomic E-state index is 0. The molecule has 32 heavy (non-hydrogen) atoms. The van der Waals surface area contributed by atoms with Gasteiger partial charge in [-0.1, -0.05) is 29.8 Å². The quantitative estimate of drug-likeness (QED) is 0.288. The summed E-state index contributed by atoms with van der Waals surface area (Å²) < 4.78 is 16.7. The minimum Gasteiger partial charge on any atom is -0.497 e. The van der Waals surface area contributed by atoms with E-state index in [1.807, 2.05) is 24.3 Å². The van der Waals surface area contributed by atoms with Gasteiger partial charge in [0.1, 0.15) is 11.5 Å². The normalized spacial score (nSPS) is 15.4. The highest BCUT2D eigenvalue weighted by atomic mass is 127. The van der Waals surface area contributed by atoms with E-state index in [9.17, 15) is 0 Å². The summed E-state index contributed by atoms with van der Waals surface area (Å²) in [7, 11) is 3.42. The van der Waals surface area contributed by atoms with Gasteiger partial charge >= 0.3 is 0 Å². The smallest absolute Gasteiger partial charge is 0.191 e. The Balaban J connectivity index is 0.00000363. The first-order chi connectivity index (χ1) is 15.1. The second kappa shape index (κ2) is 12.9. The predicted octanol–water partition coefficient (Wildman–Crippen LogP) is 4.43. The van der Waals surface area contributed by atoms with Crippen LogP contribution in [0.5, 0.6) is 11.5 Å². The third-order valence-corrected chi connectivity index (χ3v) is 5.89. The maximum absolute atomic E-state index is 5.73. The summed E-state index contributed by atoms with van der Waals surface area (Å²) in [6.07, 6.45) is 1.88. The second-order valence-corrected chi connectivity index (χ2v) is 7.99. The van der Waals surface area contributed by atoms with Gasteiger partial charge in [0.05, 0.1) is 20.8 Å². The number of halogens is 1. The Hall–Kier alpha value is -2.00. The summed E-state index contributed by atoms with van der Waals surface area (Å²) in [4.78, 5) is 4.80. The fourth-order valence-electron chi connectivity index (χ4n) is 4.04. The molecule has 1 aliphatic heterocycles. The van der Waals surface area contributed by atoms with Crippen LogP contribution in [-0.2, 0) is 16.7 Å². The highest BCUT2D eigenvalue weighted by Gasteiger charge is 2.37. The van der Waals surface area contributed by atoms with E-state index >= 15 is 0 Å². The summed E-state index contributed by atoms with van der Waals surface area (Å²) in [5.74, 6) is 2.61. The number of hydrogen-bond acceptors (Lipinski definition) is 4. The van der Waals surface area contributed by atoms with Gasteiger partial charge in [-0.05, 0) is 50.5 Å². The van der Waals surface area contributed by atoms with Crippen molar-refractivity contribution in [3.05, 3.63) is 59.2 Å². The molecule has 1 saturated heterocycles. The molecule has 3 rings (SSSR count). The summed E-state index contributed by atoms with van der Waals surface area (Å²) >= 11 is 0. The van der Waals surface area contributed by atoms with Gasteiger partial charge in [-0.25, -0.2) is 4.99 Å². The van der Waals surface area contributed by atoms with Gasteiger partial charge in [-0.15, -0.1) is 24.0 Å². The van der Waals surface area contributed by atoms with Gasteiger partial charge in [0.25, 0.3) is 0 Å². The summed E-state index contributed by atoms with van der Waals surface area (Å²) in [6.45, 7) is 7.88. The van der Waals surface area contributed by atoms with Crippen LogP contribution in [0.15, 0.2) is 47.5 Å². The van der Waals surface area contributed by atoms with Crippen molar-refractivity contribution in [1.29, 1.82) is 0 Å². The number of benzene rings is 2. The second-order valence-electron chi connectivity index (χ2n) is 7.99. The number of nitrogens with one attached hydrogen (secondary N) is 2. The molecule has 2 aromatic rings. The lowest BCUT2D eigenvalue weighted by Crippen LogP contribution is -2.48. The van der Waals surface area contributed by atoms with Crippen molar-refractivity contribution in [3.63, 3.8) is 0 Å². The Bertz CT molecular complexity index is 865. The molecule has 0 radical (unpaired) electrons. The molecule has 2 aromatic carbocycles. The molecule has 176 valence electrons. The van der Waals surface area contributed by atoms with Crippen LogP contribution >= 0.6 is 24.0 Å². The van der Waals surface area contributed by atoms with Gasteiger partial charge in [0.2, 0.25) is 0 Å². The Morgan fingerprint density at radius 2 is 1.75 bits per heavy atom. The zero-order valence-electron chi connectivity index (χ0n) is 19.6. The number of nitrogens with zero attached hydrogens (tertiary/aromatic N) is 1. The van der Waals surface area contributed by atoms with Crippen LogP contribution in [0, 0.1) is 6.92 Å². The SMILES string of the molecule is CCNC(=NCc1ccc(OC)cc1)NCC1(c2cc(C)ccc2OC)CCOCC1.I. The number of rotatable bonds is 8. The van der Waals surface area contributed by atoms with E-state index in [0.717, 1.165) is 62.2 Å². The molecule has 0 atom stereocenters. The van der Waals surface area contributed by atoms with Crippen LogP contribution in [0.2, 0.25) is 0 Å². The molecule has 1 fully saturated rings. The van der Waals surface area contributed by atoms with Crippen molar-refractivity contribution in [1.82, 2.24) is 10.6 Å². The van der Waals surface area contributed by atoms with E-state index in [0.29, 0.717) is 6.54 Å². The van der Waals surface area contributed by atoms with Crippen LogP contribution in [0.4, 0.5) is 0 Å². The fourth-order valence-corrected chi connectivity index (χ4v) is 4.04. The molecular formula is C25H36IN3O3. The van der Waals surface area contributed by atoms with Crippen LogP contribution in [-0.4, -0.2) is 46.5 Å². The molecule has 0 aliphatic carbocycles. The largest absolute Gasteiger partial charge is 0.497 e. The Kier molecular flexibility index (Phi) is 10.6. The number of aliphatic imine (C=N–C) groups is 1. The van der Waals surface area contributed by atoms with Crippen molar-refractivity contribution >= 4 is 29.9 Å². The molecular weight excluding hydrogens is 517 g/mol. The minimum atomic E-state index is -0.0636. The Morgan fingerprint density at radius 1 is 1.03 bits per heavy atom. The van der Waals surface area contributed by atoms with Crippen LogP contribution in [0.1, 0.15) is 36.5 Å². The van der Waals surface area contributed by atoms with Crippen molar-refractivity contribution in [2.24, 2.45) is 4.99 Å². The monoisotopic (exact) mass is 553 g/mol. The van der Waals surface area contributed by atoms with Crippen LogP contribution in [0.3, 0.4) is 0 Å². The standard InChI is InChI=1S/C25H35N3O3.HI/c1-5-26-24(27-17-20-7-9-21(29-3)10-8-20)28-18-25(12-14-31-15-13-25)22-16-19(2)6-11-23(22)30-4;/h6-11,16H,5,12-15,17-18H2,1-4H3,(H2,26,27,28);1H. The molecule has 6 nitrogen and oxygen atoms in total. The third kappa shape index (κ3) is 6.75. The first kappa shape index (κ1) is 26.3. The molecule has 1 heterocycles. The predicted molar refractivity (Wildman–Crippen MR) is 141 cm³/mol. The zero-order valence-corrected chi connectivity index (χ0v) is 21.9. The van der Waals surface area contributed by atoms with E-state index in [1.165, 1.54) is 11.1 Å². The van der Waals surface area contributed by atoms with E-state index in [-0.39, 0.29) is 29.4 Å². The number of ether oxygens (including phenoxy) is 3. The lowest BCUT2D eigenvalue weighted by Gasteiger charge is -2.39. The number of aryl methyl sites for hydroxylation is 1. The van der Waals surface area contributed by atoms with Crippen molar-refractivity contribution in [2.45, 2.75) is 38.6 Å². The van der Waals surface area contributed by atoms with Crippen LogP contribution in [0.25, 0.3) is 0 Å². The Labute approximate surface area is 209 Å². The molecule has 0 saturated carbocycles. The van der Waals surface area contributed by atoms with Crippen molar-refractivity contribution in [2.75, 3.05) is 40.5 Å². The first-order valence-electron chi connectivity index (χ1n) is 11.0. The van der Waals surface area contributed by atoms with Crippen LogP contribution < -0.4 is 20.1 Å². The molecule has 0 bridgehead atoms. The molecule has 0 spiro atoms. The molecule has 0 aromatic heterocycles. The van der Waals surface area contributed by atoms with E-state index < -0.39 is 0 Å². The van der Waals surface area contributed by atoms with Gasteiger partial charge in [0.15, 0.2) is 5.96 Å². The van der Waals surface area contributed by atoms with E-state index in [4.69, 9.17) is 19.2 Å². The molecule has 7 heteroatoms. The Morgan fingerprint density at radius 3 is 2.38 bits per heavy atom. The van der Waals surface area contributed by atoms with Gasteiger partial charge < -0.3 is 24.8 Å². The zero-order chi connectivity index (χ0) is 22.1. The lowest BCUT2D eigenvalue weighted by molar-refractivity contribution is 0.0505. The van der Waals surface area contributed by atoms with Gasteiger partial charge in [0, 0.05) is 37.3 Å². The van der Waals surface area contributed by atoms with Crippen molar-refractivity contribution < 1.29 is 14.2 Å². The maximum Gasteiger partial charge on any atom is 0.191 e. The summed E-state index contributed by atoms with van der Waals surface area (Å²) in [5, 5.41) is 6.97. The average Bonchev–Trinajstić information content (AvgIpc) is 2.82. The highest BCUT2D eigenvalue weighted by molar-refractivity contribution is 14.0. The summed E-state index contributed by atoms with van der Waals surface area (Å²) in [5.41, 5.74) is 3.56. The molecule has 2 N–H and O–H groups in total. The fraction of sp³-hybridized carbons (Fsp3) is 0.480. The van der Waals surface area contributed by atoms with Crippen molar-refractivity contribution in [3.8, 4) is 11.5 Å². The molecule has 0 amide bonds. The topological polar surface area (TPSA) is 64.1 Å². The number of methoxy groups -OCH3 is 2. The highest BCUT2D eigenvalue weighted by Crippen LogP contribution is 2.40. The lowest BCUT2D eigenvalue weighted by atomic mass is 9.73. The van der Waals surface area contributed by atoms with Gasteiger partial charge in [-0.2, -0.15) is 0 Å². The maximum atomic E-state index is 5.73. The van der Waals surface area contributed by atoms with E-state index in [1.54, 1.807) is 14.2 Å². The molecule has 0 unspecified atom stereocenters.